The third-order valence-electron chi connectivity index (χ3n) is 3.15. The van der Waals surface area contributed by atoms with Crippen molar-refractivity contribution < 1.29 is 18.3 Å². The number of amides is 1. The Labute approximate surface area is 120 Å². The molecule has 1 aliphatic rings. The summed E-state index contributed by atoms with van der Waals surface area (Å²) in [5, 5.41) is 0. The van der Waals surface area contributed by atoms with Gasteiger partial charge in [-0.3, -0.25) is 4.79 Å². The third-order valence-corrected chi connectivity index (χ3v) is 3.41. The zero-order valence-corrected chi connectivity index (χ0v) is 11.7. The quantitative estimate of drug-likeness (QED) is 0.839. The number of thiocarbonyl (C=S) groups is 1. The van der Waals surface area contributed by atoms with Gasteiger partial charge in [-0.25, -0.2) is 8.78 Å². The molecular formula is C13H14F2N2O2S. The van der Waals surface area contributed by atoms with Crippen molar-refractivity contribution >= 4 is 23.1 Å². The number of halogens is 2. The van der Waals surface area contributed by atoms with E-state index in [-0.39, 0.29) is 29.3 Å². The van der Waals surface area contributed by atoms with Crippen LogP contribution < -0.4 is 5.73 Å². The Kier molecular flexibility index (Phi) is 4.29. The monoisotopic (exact) mass is 300 g/mol. The standard InChI is InChI=1S/C13H14F2N2O2S/c1-7-4-8(10(15)5-9(7)14)13(18)17-2-3-19-11(6-17)12(16)20/h4-5,11H,2-3,6H2,1H3,(H2,16,20). The number of nitrogens with zero attached hydrogens (tertiary/aromatic N) is 1. The van der Waals surface area contributed by atoms with Gasteiger partial charge in [0.1, 0.15) is 22.7 Å². The molecule has 0 saturated carbocycles. The molecule has 0 aliphatic carbocycles. The molecule has 0 radical (unpaired) electrons. The number of aryl methyl sites for hydroxylation is 1. The molecule has 1 atom stereocenters. The molecule has 4 nitrogen and oxygen atoms in total. The summed E-state index contributed by atoms with van der Waals surface area (Å²) >= 11 is 4.83. The van der Waals surface area contributed by atoms with Crippen LogP contribution in [0.15, 0.2) is 12.1 Å². The highest BCUT2D eigenvalue weighted by atomic mass is 32.1. The van der Waals surface area contributed by atoms with Crippen molar-refractivity contribution in [3.8, 4) is 0 Å². The first-order valence-corrected chi connectivity index (χ1v) is 6.47. The largest absolute Gasteiger partial charge is 0.391 e. The lowest BCUT2D eigenvalue weighted by atomic mass is 10.1. The first-order valence-electron chi connectivity index (χ1n) is 6.06. The Morgan fingerprint density at radius 2 is 2.15 bits per heavy atom. The Morgan fingerprint density at radius 1 is 1.45 bits per heavy atom. The molecule has 1 aromatic rings. The van der Waals surface area contributed by atoms with Gasteiger partial charge in [-0.2, -0.15) is 0 Å². The maximum atomic E-state index is 13.7. The van der Waals surface area contributed by atoms with Crippen LogP contribution in [-0.4, -0.2) is 41.6 Å². The average molecular weight is 300 g/mol. The van der Waals surface area contributed by atoms with Crippen LogP contribution in [0.25, 0.3) is 0 Å². The van der Waals surface area contributed by atoms with Crippen LogP contribution in [0.1, 0.15) is 15.9 Å². The minimum absolute atomic E-state index is 0.151. The number of hydrogen-bond donors (Lipinski definition) is 1. The molecule has 1 amide bonds. The van der Waals surface area contributed by atoms with Gasteiger partial charge in [-0.05, 0) is 18.6 Å². The summed E-state index contributed by atoms with van der Waals surface area (Å²) < 4.78 is 32.3. The normalized spacial score (nSPS) is 18.9. The van der Waals surface area contributed by atoms with E-state index in [1.54, 1.807) is 0 Å². The molecule has 1 fully saturated rings. The number of rotatable bonds is 2. The molecule has 1 aliphatic heterocycles. The fraction of sp³-hybridized carbons (Fsp3) is 0.385. The predicted octanol–water partition coefficient (Wildman–Crippen LogP) is 1.40. The van der Waals surface area contributed by atoms with Gasteiger partial charge < -0.3 is 15.4 Å². The molecule has 1 unspecified atom stereocenters. The van der Waals surface area contributed by atoms with Crippen molar-refractivity contribution in [2.24, 2.45) is 5.73 Å². The van der Waals surface area contributed by atoms with Crippen LogP contribution in [0.2, 0.25) is 0 Å². The highest BCUT2D eigenvalue weighted by Gasteiger charge is 2.28. The first-order chi connectivity index (χ1) is 9.40. The Bertz CT molecular complexity index is 566. The molecule has 0 aromatic heterocycles. The zero-order chi connectivity index (χ0) is 14.9. The summed E-state index contributed by atoms with van der Waals surface area (Å²) in [5.74, 6) is -2.08. The van der Waals surface area contributed by atoms with Crippen LogP contribution in [0, 0.1) is 18.6 Å². The van der Waals surface area contributed by atoms with Crippen molar-refractivity contribution in [1.29, 1.82) is 0 Å². The van der Waals surface area contributed by atoms with E-state index in [1.165, 1.54) is 17.9 Å². The van der Waals surface area contributed by atoms with E-state index in [9.17, 15) is 13.6 Å². The van der Waals surface area contributed by atoms with Crippen LogP contribution in [0.4, 0.5) is 8.78 Å². The lowest BCUT2D eigenvalue weighted by molar-refractivity contribution is 0.00855. The summed E-state index contributed by atoms with van der Waals surface area (Å²) in [6.07, 6.45) is -0.535. The van der Waals surface area contributed by atoms with E-state index in [2.05, 4.69) is 0 Å². The summed E-state index contributed by atoms with van der Waals surface area (Å²) in [6.45, 7) is 2.23. The number of hydrogen-bond acceptors (Lipinski definition) is 3. The van der Waals surface area contributed by atoms with Crippen molar-refractivity contribution in [2.45, 2.75) is 13.0 Å². The number of ether oxygens (including phenoxy) is 1. The Balaban J connectivity index is 2.23. The molecule has 108 valence electrons. The maximum Gasteiger partial charge on any atom is 0.257 e. The van der Waals surface area contributed by atoms with Gasteiger partial charge in [0, 0.05) is 12.6 Å². The second-order valence-corrected chi connectivity index (χ2v) is 5.07. The lowest BCUT2D eigenvalue weighted by Crippen LogP contribution is -2.50. The number of carbonyl (C=O) groups excluding carboxylic acids is 1. The van der Waals surface area contributed by atoms with Gasteiger partial charge in [-0.15, -0.1) is 0 Å². The van der Waals surface area contributed by atoms with Gasteiger partial charge in [0.05, 0.1) is 18.7 Å². The number of carbonyl (C=O) groups is 1. The van der Waals surface area contributed by atoms with Crippen LogP contribution in [0.5, 0.6) is 0 Å². The topological polar surface area (TPSA) is 55.6 Å². The van der Waals surface area contributed by atoms with E-state index < -0.39 is 23.6 Å². The molecule has 1 saturated heterocycles. The number of benzene rings is 1. The lowest BCUT2D eigenvalue weighted by Gasteiger charge is -2.32. The van der Waals surface area contributed by atoms with Crippen LogP contribution in [0.3, 0.4) is 0 Å². The summed E-state index contributed by atoms with van der Waals surface area (Å²) in [4.78, 5) is 13.8. The molecule has 1 heterocycles. The smallest absolute Gasteiger partial charge is 0.257 e. The van der Waals surface area contributed by atoms with E-state index in [0.717, 1.165) is 0 Å². The summed E-state index contributed by atoms with van der Waals surface area (Å²) in [6, 6.07) is 1.92. The Hall–Kier alpha value is -1.60. The Morgan fingerprint density at radius 3 is 2.80 bits per heavy atom. The van der Waals surface area contributed by atoms with Crippen molar-refractivity contribution in [1.82, 2.24) is 4.90 Å². The second-order valence-electron chi connectivity index (χ2n) is 4.59. The molecule has 0 spiro atoms. The van der Waals surface area contributed by atoms with Crippen molar-refractivity contribution in [2.75, 3.05) is 19.7 Å². The van der Waals surface area contributed by atoms with E-state index in [1.807, 2.05) is 0 Å². The molecule has 2 N–H and O–H groups in total. The third kappa shape index (κ3) is 2.94. The highest BCUT2D eigenvalue weighted by molar-refractivity contribution is 7.80. The van der Waals surface area contributed by atoms with Gasteiger partial charge in [0.15, 0.2) is 0 Å². The predicted molar refractivity (Wildman–Crippen MR) is 73.5 cm³/mol. The average Bonchev–Trinajstić information content (AvgIpc) is 2.42. The summed E-state index contributed by atoms with van der Waals surface area (Å²) in [5.41, 5.74) is 5.54. The van der Waals surface area contributed by atoms with Crippen LogP contribution >= 0.6 is 12.2 Å². The summed E-state index contributed by atoms with van der Waals surface area (Å²) in [7, 11) is 0. The minimum Gasteiger partial charge on any atom is -0.391 e. The molecule has 1 aromatic carbocycles. The van der Waals surface area contributed by atoms with Gasteiger partial charge in [0.2, 0.25) is 0 Å². The fourth-order valence-electron chi connectivity index (χ4n) is 2.00. The molecule has 2 rings (SSSR count). The highest BCUT2D eigenvalue weighted by Crippen LogP contribution is 2.18. The SMILES string of the molecule is Cc1cc(C(=O)N2CCOC(C(N)=S)C2)c(F)cc1F. The number of morpholine rings is 1. The maximum absolute atomic E-state index is 13.7. The fourth-order valence-corrected chi connectivity index (χ4v) is 2.14. The van der Waals surface area contributed by atoms with E-state index >= 15 is 0 Å². The van der Waals surface area contributed by atoms with E-state index in [4.69, 9.17) is 22.7 Å². The second kappa shape index (κ2) is 5.80. The van der Waals surface area contributed by atoms with E-state index in [0.29, 0.717) is 12.6 Å². The van der Waals surface area contributed by atoms with Crippen molar-refractivity contribution in [3.63, 3.8) is 0 Å². The molecule has 20 heavy (non-hydrogen) atoms. The van der Waals surface area contributed by atoms with Gasteiger partial charge >= 0.3 is 0 Å². The van der Waals surface area contributed by atoms with Crippen molar-refractivity contribution in [3.05, 3.63) is 34.9 Å². The van der Waals surface area contributed by atoms with Crippen LogP contribution in [-0.2, 0) is 4.74 Å². The van der Waals surface area contributed by atoms with Gasteiger partial charge in [0.25, 0.3) is 5.91 Å². The van der Waals surface area contributed by atoms with Gasteiger partial charge in [-0.1, -0.05) is 12.2 Å². The molecular weight excluding hydrogens is 286 g/mol. The first kappa shape index (κ1) is 14.8. The zero-order valence-electron chi connectivity index (χ0n) is 10.9. The molecule has 7 heteroatoms. The molecule has 0 bridgehead atoms. The number of nitrogens with two attached hydrogens (primary N) is 1. The minimum atomic E-state index is -0.878.